The largest absolute Gasteiger partial charge is 0.493 e. The maximum absolute atomic E-state index is 12.9. The first-order valence-corrected chi connectivity index (χ1v) is 11.3. The van der Waals surface area contributed by atoms with E-state index in [0.29, 0.717) is 55.7 Å². The number of hydrogen-bond acceptors (Lipinski definition) is 6. The lowest BCUT2D eigenvalue weighted by Gasteiger charge is -2.32. The fourth-order valence-electron chi connectivity index (χ4n) is 3.58. The molecule has 1 saturated heterocycles. The molecule has 0 aliphatic carbocycles. The summed E-state index contributed by atoms with van der Waals surface area (Å²) in [7, 11) is 3.12. The van der Waals surface area contributed by atoms with Gasteiger partial charge in [0.2, 0.25) is 5.91 Å². The minimum Gasteiger partial charge on any atom is -0.493 e. The molecule has 8 nitrogen and oxygen atoms in total. The number of rotatable bonds is 10. The van der Waals surface area contributed by atoms with Crippen molar-refractivity contribution in [1.29, 1.82) is 0 Å². The van der Waals surface area contributed by atoms with Crippen LogP contribution in [0.25, 0.3) is 0 Å². The monoisotopic (exact) mass is 448 g/mol. The van der Waals surface area contributed by atoms with Crippen molar-refractivity contribution in [3.05, 3.63) is 23.8 Å². The highest BCUT2D eigenvalue weighted by Crippen LogP contribution is 2.29. The number of amides is 2. The number of ether oxygens (including phenoxy) is 3. The summed E-state index contributed by atoms with van der Waals surface area (Å²) in [5.41, 5.74) is 0.413. The highest BCUT2D eigenvalue weighted by molar-refractivity contribution is 5.97. The topological polar surface area (TPSA) is 85.4 Å². The lowest BCUT2D eigenvalue weighted by atomic mass is 9.98. The Morgan fingerprint density at radius 2 is 1.97 bits per heavy atom. The Morgan fingerprint density at radius 3 is 2.62 bits per heavy atom. The molecule has 1 unspecified atom stereocenters. The van der Waals surface area contributed by atoms with E-state index in [-0.39, 0.29) is 30.2 Å². The van der Waals surface area contributed by atoms with Crippen LogP contribution in [0.4, 0.5) is 0 Å². The minimum absolute atomic E-state index is 0.0661. The van der Waals surface area contributed by atoms with E-state index in [9.17, 15) is 14.4 Å². The SMILES string of the molecule is CCOC(=O)C1CCCN(C(=O)CN(C)C(=O)c2ccc(OCCC(C)C)c(OC)c2)C1. The molecular weight excluding hydrogens is 412 g/mol. The van der Waals surface area contributed by atoms with Crippen LogP contribution in [-0.2, 0) is 14.3 Å². The van der Waals surface area contributed by atoms with Crippen molar-refractivity contribution in [2.75, 3.05) is 47.0 Å². The van der Waals surface area contributed by atoms with Gasteiger partial charge in [0.15, 0.2) is 11.5 Å². The summed E-state index contributed by atoms with van der Waals surface area (Å²) < 4.78 is 16.3. The van der Waals surface area contributed by atoms with Gasteiger partial charge in [0, 0.05) is 25.7 Å². The second-order valence-corrected chi connectivity index (χ2v) is 8.49. The Kier molecular flexibility index (Phi) is 9.81. The van der Waals surface area contributed by atoms with Crippen molar-refractivity contribution in [1.82, 2.24) is 9.80 Å². The Bertz CT molecular complexity index is 795. The van der Waals surface area contributed by atoms with Crippen LogP contribution in [0.5, 0.6) is 11.5 Å². The molecule has 1 aliphatic rings. The van der Waals surface area contributed by atoms with Gasteiger partial charge in [0.25, 0.3) is 5.91 Å². The maximum Gasteiger partial charge on any atom is 0.310 e. The Balaban J connectivity index is 1.97. The van der Waals surface area contributed by atoms with E-state index >= 15 is 0 Å². The van der Waals surface area contributed by atoms with Crippen LogP contribution in [0.2, 0.25) is 0 Å². The van der Waals surface area contributed by atoms with Gasteiger partial charge < -0.3 is 24.0 Å². The molecule has 1 aliphatic heterocycles. The first kappa shape index (κ1) is 25.5. The van der Waals surface area contributed by atoms with Crippen molar-refractivity contribution in [2.45, 2.75) is 40.0 Å². The summed E-state index contributed by atoms with van der Waals surface area (Å²) >= 11 is 0. The molecule has 0 bridgehead atoms. The predicted molar refractivity (Wildman–Crippen MR) is 121 cm³/mol. The van der Waals surface area contributed by atoms with E-state index in [2.05, 4.69) is 13.8 Å². The summed E-state index contributed by atoms with van der Waals surface area (Å²) in [6.07, 6.45) is 2.37. The average molecular weight is 449 g/mol. The Labute approximate surface area is 190 Å². The standard InChI is InChI=1S/C24H36N2O6/c1-6-31-24(29)19-8-7-12-26(15-19)22(27)16-25(4)23(28)18-9-10-20(21(14-18)30-5)32-13-11-17(2)3/h9-10,14,17,19H,6-8,11-13,15-16H2,1-5H3. The van der Waals surface area contributed by atoms with Crippen molar-refractivity contribution < 1.29 is 28.6 Å². The maximum atomic E-state index is 12.9. The normalized spacial score (nSPS) is 15.9. The summed E-state index contributed by atoms with van der Waals surface area (Å²) in [5.74, 6) is 0.549. The molecule has 2 rings (SSSR count). The zero-order valence-electron chi connectivity index (χ0n) is 19.9. The van der Waals surface area contributed by atoms with Gasteiger partial charge in [-0.2, -0.15) is 0 Å². The molecule has 1 aromatic carbocycles. The van der Waals surface area contributed by atoms with Gasteiger partial charge in [-0.15, -0.1) is 0 Å². The van der Waals surface area contributed by atoms with Gasteiger partial charge in [-0.05, 0) is 50.3 Å². The smallest absolute Gasteiger partial charge is 0.310 e. The molecule has 1 fully saturated rings. The molecule has 1 aromatic rings. The molecule has 0 spiro atoms. The number of nitrogens with zero attached hydrogens (tertiary/aromatic N) is 2. The zero-order chi connectivity index (χ0) is 23.7. The zero-order valence-corrected chi connectivity index (χ0v) is 19.9. The Morgan fingerprint density at radius 1 is 1.22 bits per heavy atom. The van der Waals surface area contributed by atoms with E-state index in [1.54, 1.807) is 37.1 Å². The summed E-state index contributed by atoms with van der Waals surface area (Å²) in [5, 5.41) is 0. The number of carbonyl (C=O) groups excluding carboxylic acids is 3. The van der Waals surface area contributed by atoms with E-state index in [4.69, 9.17) is 14.2 Å². The quantitative estimate of drug-likeness (QED) is 0.512. The molecule has 1 heterocycles. The number of likely N-dealkylation sites (tertiary alicyclic amines) is 1. The summed E-state index contributed by atoms with van der Waals surface area (Å²) in [4.78, 5) is 40.7. The third-order valence-electron chi connectivity index (χ3n) is 5.48. The van der Waals surface area contributed by atoms with Crippen molar-refractivity contribution in [2.24, 2.45) is 11.8 Å². The molecule has 0 radical (unpaired) electrons. The number of likely N-dealkylation sites (N-methyl/N-ethyl adjacent to an activating group) is 1. The van der Waals surface area contributed by atoms with Crippen LogP contribution < -0.4 is 9.47 Å². The van der Waals surface area contributed by atoms with Crippen LogP contribution in [0, 0.1) is 11.8 Å². The lowest BCUT2D eigenvalue weighted by molar-refractivity contribution is -0.151. The molecule has 8 heteroatoms. The number of benzene rings is 1. The summed E-state index contributed by atoms with van der Waals surface area (Å²) in [6.45, 7) is 7.75. The molecule has 0 aromatic heterocycles. The van der Waals surface area contributed by atoms with Crippen LogP contribution in [0.1, 0.15) is 50.4 Å². The van der Waals surface area contributed by atoms with Crippen molar-refractivity contribution in [3.63, 3.8) is 0 Å². The van der Waals surface area contributed by atoms with E-state index in [0.717, 1.165) is 12.8 Å². The summed E-state index contributed by atoms with van der Waals surface area (Å²) in [6, 6.07) is 5.02. The van der Waals surface area contributed by atoms with Crippen LogP contribution in [-0.4, -0.2) is 74.6 Å². The van der Waals surface area contributed by atoms with Crippen LogP contribution >= 0.6 is 0 Å². The van der Waals surface area contributed by atoms with Gasteiger partial charge in [0.1, 0.15) is 0 Å². The van der Waals surface area contributed by atoms with Gasteiger partial charge >= 0.3 is 5.97 Å². The van der Waals surface area contributed by atoms with Gasteiger partial charge in [-0.1, -0.05) is 13.8 Å². The van der Waals surface area contributed by atoms with Crippen molar-refractivity contribution in [3.8, 4) is 11.5 Å². The number of hydrogen-bond donors (Lipinski definition) is 0. The average Bonchev–Trinajstić information content (AvgIpc) is 2.78. The third-order valence-corrected chi connectivity index (χ3v) is 5.48. The first-order chi connectivity index (χ1) is 15.3. The number of piperidine rings is 1. The molecule has 1 atom stereocenters. The van der Waals surface area contributed by atoms with E-state index in [1.165, 1.54) is 12.0 Å². The van der Waals surface area contributed by atoms with Gasteiger partial charge in [0.05, 0.1) is 32.8 Å². The number of carbonyl (C=O) groups is 3. The highest BCUT2D eigenvalue weighted by atomic mass is 16.5. The van der Waals surface area contributed by atoms with Gasteiger partial charge in [-0.3, -0.25) is 14.4 Å². The molecule has 2 amide bonds. The molecule has 0 N–H and O–H groups in total. The molecule has 32 heavy (non-hydrogen) atoms. The second-order valence-electron chi connectivity index (χ2n) is 8.49. The number of methoxy groups -OCH3 is 1. The van der Waals surface area contributed by atoms with E-state index in [1.807, 2.05) is 0 Å². The fraction of sp³-hybridized carbons (Fsp3) is 0.625. The number of esters is 1. The van der Waals surface area contributed by atoms with Crippen molar-refractivity contribution >= 4 is 17.8 Å². The van der Waals surface area contributed by atoms with Crippen LogP contribution in [0.3, 0.4) is 0 Å². The fourth-order valence-corrected chi connectivity index (χ4v) is 3.58. The molecular formula is C24H36N2O6. The van der Waals surface area contributed by atoms with Crippen LogP contribution in [0.15, 0.2) is 18.2 Å². The third kappa shape index (κ3) is 7.14. The van der Waals surface area contributed by atoms with Gasteiger partial charge in [-0.25, -0.2) is 0 Å². The molecule has 0 saturated carbocycles. The Hall–Kier alpha value is -2.77. The first-order valence-electron chi connectivity index (χ1n) is 11.3. The second kappa shape index (κ2) is 12.3. The minimum atomic E-state index is -0.304. The predicted octanol–water partition coefficient (Wildman–Crippen LogP) is 2.99. The van der Waals surface area contributed by atoms with E-state index < -0.39 is 0 Å². The molecule has 178 valence electrons. The lowest BCUT2D eigenvalue weighted by Crippen LogP contribution is -2.47. The highest BCUT2D eigenvalue weighted by Gasteiger charge is 2.30.